The first kappa shape index (κ1) is 17.0. The van der Waals surface area contributed by atoms with E-state index in [0.29, 0.717) is 5.30 Å². The molecule has 6 nitrogen and oxygen atoms in total. The van der Waals surface area contributed by atoms with Crippen molar-refractivity contribution in [3.63, 3.8) is 0 Å². The lowest BCUT2D eigenvalue weighted by molar-refractivity contribution is -0.150. The fourth-order valence-corrected chi connectivity index (χ4v) is 1.99. The van der Waals surface area contributed by atoms with Gasteiger partial charge in [-0.1, -0.05) is 24.8 Å². The van der Waals surface area contributed by atoms with Crippen LogP contribution in [0, 0.1) is 0 Å². The molecule has 1 aromatic carbocycles. The Bertz CT molecular complexity index is 480. The van der Waals surface area contributed by atoms with E-state index in [4.69, 9.17) is 15.3 Å². The number of aliphatic carboxylic acids is 2. The Morgan fingerprint density at radius 2 is 1.74 bits per heavy atom. The summed E-state index contributed by atoms with van der Waals surface area (Å²) in [6.45, 7) is 2.27. The summed E-state index contributed by atoms with van der Waals surface area (Å²) in [7, 11) is -2.16. The Hall–Kier alpha value is -2.01. The van der Waals surface area contributed by atoms with Crippen molar-refractivity contribution in [3.05, 3.63) is 43.0 Å². The Kier molecular flexibility index (Phi) is 8.04. The van der Waals surface area contributed by atoms with Crippen molar-refractivity contribution >= 4 is 30.3 Å². The molecule has 0 bridgehead atoms. The molecule has 0 spiro atoms. The van der Waals surface area contributed by atoms with E-state index in [2.05, 4.69) is 6.58 Å². The lowest BCUT2D eigenvalue weighted by atomic mass is 10.4. The normalized spacial score (nSPS) is 10.6. The number of hydrogen-bond acceptors (Lipinski definition) is 4. The fourth-order valence-electron chi connectivity index (χ4n) is 0.938. The number of rotatable bonds is 4. The summed E-state index contributed by atoms with van der Waals surface area (Å²) in [6.07, 6.45) is 0.833. The zero-order chi connectivity index (χ0) is 14.8. The highest BCUT2D eigenvalue weighted by Crippen LogP contribution is 2.13. The van der Waals surface area contributed by atoms with E-state index in [0.717, 1.165) is 6.08 Å². The molecule has 3 N–H and O–H groups in total. The predicted molar refractivity (Wildman–Crippen MR) is 70.6 cm³/mol. The maximum atomic E-state index is 11.6. The first-order chi connectivity index (χ1) is 8.93. The monoisotopic (exact) mass is 284 g/mol. The molecule has 1 unspecified atom stereocenters. The maximum Gasteiger partial charge on any atom is 0.376 e. The summed E-state index contributed by atoms with van der Waals surface area (Å²) >= 11 is 0. The number of carboxylic acids is 2. The van der Waals surface area contributed by atoms with Crippen LogP contribution in [0.15, 0.2) is 43.0 Å². The lowest BCUT2D eigenvalue weighted by Crippen LogP contribution is -2.22. The van der Waals surface area contributed by atoms with Crippen molar-refractivity contribution in [3.8, 4) is 0 Å². The fraction of sp³-hybridized carbons (Fsp3) is 0.0833. The summed E-state index contributed by atoms with van der Waals surface area (Å²) in [4.78, 5) is 31.4. The number of hydrogen-bond donors (Lipinski definition) is 3. The highest BCUT2D eigenvalue weighted by Gasteiger charge is 2.19. The maximum absolute atomic E-state index is 11.6. The molecule has 0 radical (unpaired) electrons. The van der Waals surface area contributed by atoms with Gasteiger partial charge in [0.25, 0.3) is 0 Å². The van der Waals surface area contributed by atoms with Gasteiger partial charge in [-0.15, -0.1) is 0 Å². The molecule has 1 rings (SSSR count). The van der Waals surface area contributed by atoms with Gasteiger partial charge in [0.2, 0.25) is 5.29 Å². The van der Waals surface area contributed by atoms with Gasteiger partial charge in [0.15, 0.2) is 0 Å². The van der Waals surface area contributed by atoms with Crippen LogP contribution in [0.5, 0.6) is 0 Å². The summed E-state index contributed by atoms with van der Waals surface area (Å²) in [6, 6.07) is 8.21. The number of aliphatic hydroxyl groups is 1. The molecular weight excluding hydrogens is 271 g/mol. The van der Waals surface area contributed by atoms with Crippen LogP contribution in [-0.2, 0) is 9.59 Å². The van der Waals surface area contributed by atoms with Gasteiger partial charge in [-0.05, 0) is 12.1 Å². The molecule has 19 heavy (non-hydrogen) atoms. The highest BCUT2D eigenvalue weighted by atomic mass is 31.1. The molecule has 0 saturated heterocycles. The zero-order valence-corrected chi connectivity index (χ0v) is 10.8. The second-order valence-corrected chi connectivity index (χ2v) is 4.73. The minimum atomic E-state index is -2.16. The molecule has 0 amide bonds. The molecule has 7 heteroatoms. The van der Waals surface area contributed by atoms with Crippen LogP contribution in [0.2, 0.25) is 0 Å². The highest BCUT2D eigenvalue weighted by molar-refractivity contribution is 7.61. The van der Waals surface area contributed by atoms with Crippen molar-refractivity contribution < 1.29 is 29.8 Å². The lowest BCUT2D eigenvalue weighted by Gasteiger charge is -2.00. The van der Waals surface area contributed by atoms with Gasteiger partial charge in [-0.25, -0.2) is 9.59 Å². The SMILES string of the molecule is C=CC(=O)O.O=C(O)/C(CO)=[P+](\[O-])c1ccccc1. The Morgan fingerprint density at radius 3 is 2.05 bits per heavy atom. The Labute approximate surface area is 110 Å². The third-order valence-electron chi connectivity index (χ3n) is 1.81. The minimum absolute atomic E-state index is 0.369. The predicted octanol–water partition coefficient (Wildman–Crippen LogP) is -0.425. The minimum Gasteiger partial charge on any atom is -0.625 e. The van der Waals surface area contributed by atoms with Crippen LogP contribution in [0.25, 0.3) is 0 Å². The summed E-state index contributed by atoms with van der Waals surface area (Å²) in [5.74, 6) is -2.30. The van der Waals surface area contributed by atoms with Crippen LogP contribution < -0.4 is 10.2 Å². The van der Waals surface area contributed by atoms with Gasteiger partial charge in [-0.3, -0.25) is 0 Å². The molecule has 1 atom stereocenters. The topological polar surface area (TPSA) is 118 Å². The molecule has 1 aromatic rings. The van der Waals surface area contributed by atoms with Crippen molar-refractivity contribution in [1.82, 2.24) is 0 Å². The molecule has 0 aliphatic heterocycles. The van der Waals surface area contributed by atoms with Gasteiger partial charge < -0.3 is 20.2 Å². The van der Waals surface area contributed by atoms with Crippen LogP contribution in [-0.4, -0.2) is 39.2 Å². The van der Waals surface area contributed by atoms with Crippen LogP contribution in [0.4, 0.5) is 0 Å². The third-order valence-corrected chi connectivity index (χ3v) is 3.40. The van der Waals surface area contributed by atoms with Crippen molar-refractivity contribution in [2.45, 2.75) is 0 Å². The molecule has 0 saturated carbocycles. The third kappa shape index (κ3) is 6.47. The van der Waals surface area contributed by atoms with Crippen LogP contribution >= 0.6 is 7.77 Å². The number of carbonyl (C=O) groups is 2. The summed E-state index contributed by atoms with van der Waals surface area (Å²) in [5.41, 5.74) is 0. The molecular formula is C12H13O6P. The van der Waals surface area contributed by atoms with E-state index in [1.54, 1.807) is 30.3 Å². The van der Waals surface area contributed by atoms with Crippen LogP contribution in [0.1, 0.15) is 0 Å². The second kappa shape index (κ2) is 8.99. The molecule has 0 aliphatic carbocycles. The number of aliphatic hydroxyl groups excluding tert-OH is 1. The zero-order valence-electron chi connectivity index (χ0n) is 9.89. The smallest absolute Gasteiger partial charge is 0.376 e. The van der Waals surface area contributed by atoms with Gasteiger partial charge in [-0.2, -0.15) is 0 Å². The first-order valence-electron chi connectivity index (χ1n) is 5.01. The van der Waals surface area contributed by atoms with E-state index in [-0.39, 0.29) is 5.29 Å². The quantitative estimate of drug-likeness (QED) is 0.510. The van der Waals surface area contributed by atoms with E-state index in [9.17, 15) is 14.5 Å². The van der Waals surface area contributed by atoms with E-state index in [1.807, 2.05) is 0 Å². The molecule has 0 aromatic heterocycles. The van der Waals surface area contributed by atoms with Gasteiger partial charge in [0.05, 0.1) is 0 Å². The number of benzene rings is 1. The molecule has 0 aliphatic rings. The molecule has 102 valence electrons. The van der Waals surface area contributed by atoms with Crippen molar-refractivity contribution in [2.24, 2.45) is 0 Å². The standard InChI is InChI=1S/C9H9O4P.C3H4O2/c10-6-8(9(11)12)14(13)7-4-2-1-3-5-7;1-2-3(4)5/h1-5,10H,6H2,(H,11,12);2H,1H2,(H,4,5). The van der Waals surface area contributed by atoms with E-state index < -0.39 is 26.3 Å². The van der Waals surface area contributed by atoms with E-state index in [1.165, 1.54) is 0 Å². The Morgan fingerprint density at radius 1 is 1.26 bits per heavy atom. The average molecular weight is 284 g/mol. The van der Waals surface area contributed by atoms with Crippen LogP contribution in [0.3, 0.4) is 0 Å². The summed E-state index contributed by atoms with van der Waals surface area (Å²) in [5, 5.41) is 25.0. The number of carboxylic acid groups (broad SMARTS) is 2. The largest absolute Gasteiger partial charge is 0.625 e. The Balaban J connectivity index is 0.000000555. The van der Waals surface area contributed by atoms with Crippen molar-refractivity contribution in [2.75, 3.05) is 6.61 Å². The van der Waals surface area contributed by atoms with E-state index >= 15 is 0 Å². The van der Waals surface area contributed by atoms with Gasteiger partial charge >= 0.3 is 11.9 Å². The average Bonchev–Trinajstić information content (AvgIpc) is 2.40. The van der Waals surface area contributed by atoms with Gasteiger partial charge in [0.1, 0.15) is 19.7 Å². The molecule has 0 fully saturated rings. The first-order valence-corrected chi connectivity index (χ1v) is 6.27. The summed E-state index contributed by atoms with van der Waals surface area (Å²) < 4.78 is 0. The van der Waals surface area contributed by atoms with Gasteiger partial charge in [0, 0.05) is 6.08 Å². The van der Waals surface area contributed by atoms with Crippen molar-refractivity contribution in [1.29, 1.82) is 0 Å². The molecule has 0 heterocycles. The second-order valence-electron chi connectivity index (χ2n) is 3.08.